The van der Waals surface area contributed by atoms with E-state index in [9.17, 15) is 9.59 Å². The van der Waals surface area contributed by atoms with E-state index in [2.05, 4.69) is 12.2 Å². The SMILES string of the molecule is CCCCCCC(=O)N1CCCC1C(=O)NC(C)c1ccccc1. The van der Waals surface area contributed by atoms with Crippen LogP contribution in [0.4, 0.5) is 0 Å². The number of likely N-dealkylation sites (tertiary alicyclic amines) is 1. The van der Waals surface area contributed by atoms with Crippen molar-refractivity contribution in [3.63, 3.8) is 0 Å². The van der Waals surface area contributed by atoms with Crippen LogP contribution in [0, 0.1) is 0 Å². The van der Waals surface area contributed by atoms with Crippen molar-refractivity contribution in [2.45, 2.75) is 70.9 Å². The lowest BCUT2D eigenvalue weighted by Gasteiger charge is -2.25. The molecule has 2 rings (SSSR count). The van der Waals surface area contributed by atoms with Crippen LogP contribution >= 0.6 is 0 Å². The fourth-order valence-corrected chi connectivity index (χ4v) is 3.32. The minimum atomic E-state index is -0.296. The highest BCUT2D eigenvalue weighted by Crippen LogP contribution is 2.21. The van der Waals surface area contributed by atoms with Crippen LogP contribution in [0.15, 0.2) is 30.3 Å². The van der Waals surface area contributed by atoms with E-state index in [1.165, 1.54) is 12.8 Å². The van der Waals surface area contributed by atoms with Gasteiger partial charge in [0.1, 0.15) is 6.04 Å². The van der Waals surface area contributed by atoms with Gasteiger partial charge in [-0.1, -0.05) is 56.5 Å². The first kappa shape index (κ1) is 18.5. The zero-order chi connectivity index (χ0) is 17.4. The Hall–Kier alpha value is -1.84. The number of nitrogens with one attached hydrogen (secondary N) is 1. The van der Waals surface area contributed by atoms with Crippen molar-refractivity contribution in [1.82, 2.24) is 10.2 Å². The first-order valence-corrected chi connectivity index (χ1v) is 9.28. The highest BCUT2D eigenvalue weighted by atomic mass is 16.2. The van der Waals surface area contributed by atoms with Crippen LogP contribution in [-0.2, 0) is 9.59 Å². The Kier molecular flexibility index (Phi) is 7.29. The van der Waals surface area contributed by atoms with Gasteiger partial charge in [0, 0.05) is 13.0 Å². The molecular weight excluding hydrogens is 300 g/mol. The fourth-order valence-electron chi connectivity index (χ4n) is 3.32. The number of hydrogen-bond donors (Lipinski definition) is 1. The average Bonchev–Trinajstić information content (AvgIpc) is 3.09. The monoisotopic (exact) mass is 330 g/mol. The van der Waals surface area contributed by atoms with Crippen LogP contribution in [0.1, 0.15) is 70.4 Å². The number of carbonyl (C=O) groups is 2. The minimum absolute atomic E-state index is 0.0224. The number of unbranched alkanes of at least 4 members (excludes halogenated alkanes) is 3. The smallest absolute Gasteiger partial charge is 0.243 e. The Balaban J connectivity index is 1.87. The molecule has 1 N–H and O–H groups in total. The molecule has 1 saturated heterocycles. The van der Waals surface area contributed by atoms with Crippen molar-refractivity contribution in [1.29, 1.82) is 0 Å². The van der Waals surface area contributed by atoms with Crippen LogP contribution < -0.4 is 5.32 Å². The van der Waals surface area contributed by atoms with Gasteiger partial charge in [0.05, 0.1) is 6.04 Å². The summed E-state index contributed by atoms with van der Waals surface area (Å²) in [4.78, 5) is 26.8. The summed E-state index contributed by atoms with van der Waals surface area (Å²) in [6, 6.07) is 9.59. The van der Waals surface area contributed by atoms with Crippen molar-refractivity contribution >= 4 is 11.8 Å². The van der Waals surface area contributed by atoms with Gasteiger partial charge in [-0.2, -0.15) is 0 Å². The van der Waals surface area contributed by atoms with E-state index in [1.807, 2.05) is 37.3 Å². The third kappa shape index (κ3) is 5.08. The fraction of sp³-hybridized carbons (Fsp3) is 0.600. The molecule has 2 amide bonds. The number of nitrogens with zero attached hydrogens (tertiary/aromatic N) is 1. The second kappa shape index (κ2) is 9.45. The molecule has 24 heavy (non-hydrogen) atoms. The lowest BCUT2D eigenvalue weighted by molar-refractivity contribution is -0.138. The molecule has 4 heteroatoms. The molecule has 0 spiro atoms. The van der Waals surface area contributed by atoms with Crippen molar-refractivity contribution in [2.75, 3.05) is 6.54 Å². The first-order valence-electron chi connectivity index (χ1n) is 9.28. The summed E-state index contributed by atoms with van der Waals surface area (Å²) in [7, 11) is 0. The highest BCUT2D eigenvalue weighted by Gasteiger charge is 2.34. The number of rotatable bonds is 8. The van der Waals surface area contributed by atoms with Gasteiger partial charge in [0.2, 0.25) is 11.8 Å². The summed E-state index contributed by atoms with van der Waals surface area (Å²) in [6.07, 6.45) is 6.62. The zero-order valence-electron chi connectivity index (χ0n) is 15.0. The minimum Gasteiger partial charge on any atom is -0.348 e. The van der Waals surface area contributed by atoms with Crippen LogP contribution in [-0.4, -0.2) is 29.3 Å². The largest absolute Gasteiger partial charge is 0.348 e. The van der Waals surface area contributed by atoms with E-state index in [4.69, 9.17) is 0 Å². The Morgan fingerprint density at radius 3 is 2.67 bits per heavy atom. The van der Waals surface area contributed by atoms with Crippen LogP contribution in [0.3, 0.4) is 0 Å². The second-order valence-corrected chi connectivity index (χ2v) is 6.70. The van der Waals surface area contributed by atoms with E-state index in [1.54, 1.807) is 4.90 Å². The molecule has 0 aliphatic carbocycles. The summed E-state index contributed by atoms with van der Waals surface area (Å²) < 4.78 is 0. The van der Waals surface area contributed by atoms with Gasteiger partial charge < -0.3 is 10.2 Å². The number of amides is 2. The summed E-state index contributed by atoms with van der Waals surface area (Å²) in [5.41, 5.74) is 1.08. The summed E-state index contributed by atoms with van der Waals surface area (Å²) in [5, 5.41) is 3.07. The highest BCUT2D eigenvalue weighted by molar-refractivity contribution is 5.88. The predicted octanol–water partition coefficient (Wildman–Crippen LogP) is 3.83. The summed E-state index contributed by atoms with van der Waals surface area (Å²) in [5.74, 6) is 0.113. The lowest BCUT2D eigenvalue weighted by Crippen LogP contribution is -2.46. The molecule has 1 aromatic carbocycles. The third-order valence-electron chi connectivity index (χ3n) is 4.78. The molecule has 2 unspecified atom stereocenters. The topological polar surface area (TPSA) is 49.4 Å². The molecule has 1 heterocycles. The van der Waals surface area contributed by atoms with E-state index >= 15 is 0 Å². The molecular formula is C20H30N2O2. The van der Waals surface area contributed by atoms with Crippen LogP contribution in [0.25, 0.3) is 0 Å². The Bertz CT molecular complexity index is 530. The molecule has 0 radical (unpaired) electrons. The molecule has 4 nitrogen and oxygen atoms in total. The van der Waals surface area contributed by atoms with Gasteiger partial charge in [-0.15, -0.1) is 0 Å². The molecule has 1 aliphatic rings. The quantitative estimate of drug-likeness (QED) is 0.737. The predicted molar refractivity (Wildman–Crippen MR) is 96.5 cm³/mol. The molecule has 0 aromatic heterocycles. The van der Waals surface area contributed by atoms with E-state index in [0.717, 1.165) is 31.2 Å². The van der Waals surface area contributed by atoms with Crippen molar-refractivity contribution in [2.24, 2.45) is 0 Å². The van der Waals surface area contributed by atoms with Gasteiger partial charge in [0.15, 0.2) is 0 Å². The van der Waals surface area contributed by atoms with Gasteiger partial charge in [-0.05, 0) is 31.7 Å². The normalized spacial score (nSPS) is 18.4. The summed E-state index contributed by atoms with van der Waals surface area (Å²) >= 11 is 0. The maximum Gasteiger partial charge on any atom is 0.243 e. The number of hydrogen-bond acceptors (Lipinski definition) is 2. The van der Waals surface area contributed by atoms with Gasteiger partial charge in [-0.25, -0.2) is 0 Å². The average molecular weight is 330 g/mol. The number of benzene rings is 1. The van der Waals surface area contributed by atoms with Crippen molar-refractivity contribution in [3.8, 4) is 0 Å². The first-order chi connectivity index (χ1) is 11.6. The maximum atomic E-state index is 12.6. The van der Waals surface area contributed by atoms with E-state index in [-0.39, 0.29) is 23.9 Å². The molecule has 1 aliphatic heterocycles. The molecule has 1 fully saturated rings. The molecule has 1 aromatic rings. The standard InChI is InChI=1S/C20H30N2O2/c1-3-4-5-9-14-19(23)22-15-10-13-18(22)20(24)21-16(2)17-11-7-6-8-12-17/h6-8,11-12,16,18H,3-5,9-10,13-15H2,1-2H3,(H,21,24). The van der Waals surface area contributed by atoms with Crippen molar-refractivity contribution < 1.29 is 9.59 Å². The molecule has 132 valence electrons. The molecule has 0 saturated carbocycles. The van der Waals surface area contributed by atoms with Crippen molar-refractivity contribution in [3.05, 3.63) is 35.9 Å². The summed E-state index contributed by atoms with van der Waals surface area (Å²) in [6.45, 7) is 4.86. The van der Waals surface area contributed by atoms with Crippen LogP contribution in [0.2, 0.25) is 0 Å². The lowest BCUT2D eigenvalue weighted by atomic mass is 10.1. The molecule has 0 bridgehead atoms. The Morgan fingerprint density at radius 2 is 1.96 bits per heavy atom. The molecule has 2 atom stereocenters. The Labute approximate surface area is 145 Å². The van der Waals surface area contributed by atoms with Gasteiger partial charge >= 0.3 is 0 Å². The van der Waals surface area contributed by atoms with E-state index < -0.39 is 0 Å². The second-order valence-electron chi connectivity index (χ2n) is 6.70. The van der Waals surface area contributed by atoms with E-state index in [0.29, 0.717) is 13.0 Å². The zero-order valence-corrected chi connectivity index (χ0v) is 15.0. The van der Waals surface area contributed by atoms with Crippen LogP contribution in [0.5, 0.6) is 0 Å². The van der Waals surface area contributed by atoms with Gasteiger partial charge in [-0.3, -0.25) is 9.59 Å². The maximum absolute atomic E-state index is 12.6. The van der Waals surface area contributed by atoms with Gasteiger partial charge in [0.25, 0.3) is 0 Å². The Morgan fingerprint density at radius 1 is 1.21 bits per heavy atom. The third-order valence-corrected chi connectivity index (χ3v) is 4.78. The number of carbonyl (C=O) groups excluding carboxylic acids is 2.